The summed E-state index contributed by atoms with van der Waals surface area (Å²) in [6.45, 7) is 7.05. The maximum atomic E-state index is 11.7. The fraction of sp³-hybridized carbons (Fsp3) is 0.923. The van der Waals surface area contributed by atoms with Crippen molar-refractivity contribution in [1.82, 2.24) is 9.80 Å². The Labute approximate surface area is 114 Å². The van der Waals surface area contributed by atoms with Gasteiger partial charge >= 0.3 is 0 Å². The minimum Gasteiger partial charge on any atom is -0.395 e. The number of β-amino-alcohol motifs (C(OH)–C–C–N with tert-alkyl or cyclic N) is 2. The fourth-order valence-corrected chi connectivity index (χ4v) is 2.10. The van der Waals surface area contributed by atoms with Gasteiger partial charge in [-0.15, -0.1) is 0 Å². The molecule has 0 aromatic carbocycles. The van der Waals surface area contributed by atoms with Gasteiger partial charge in [-0.2, -0.15) is 0 Å². The van der Waals surface area contributed by atoms with Crippen molar-refractivity contribution in [2.24, 2.45) is 0 Å². The zero-order valence-electron chi connectivity index (χ0n) is 11.9. The summed E-state index contributed by atoms with van der Waals surface area (Å²) >= 11 is 0. The Morgan fingerprint density at radius 3 is 2.68 bits per heavy atom. The fourth-order valence-electron chi connectivity index (χ4n) is 2.10. The van der Waals surface area contributed by atoms with Crippen LogP contribution in [0.5, 0.6) is 0 Å². The first kappa shape index (κ1) is 16.4. The van der Waals surface area contributed by atoms with E-state index in [1.807, 2.05) is 18.7 Å². The van der Waals surface area contributed by atoms with Crippen molar-refractivity contribution in [3.63, 3.8) is 0 Å². The first-order chi connectivity index (χ1) is 9.02. The number of amides is 1. The molecule has 0 unspecified atom stereocenters. The van der Waals surface area contributed by atoms with Crippen LogP contribution in [0.4, 0.5) is 0 Å². The van der Waals surface area contributed by atoms with Gasteiger partial charge in [-0.05, 0) is 20.3 Å². The lowest BCUT2D eigenvalue weighted by atomic mass is 10.2. The van der Waals surface area contributed by atoms with E-state index in [1.165, 1.54) is 0 Å². The van der Waals surface area contributed by atoms with E-state index in [0.717, 1.165) is 6.54 Å². The molecule has 1 fully saturated rings. The molecule has 1 heterocycles. The van der Waals surface area contributed by atoms with Crippen LogP contribution in [0.1, 0.15) is 20.3 Å². The lowest BCUT2D eigenvalue weighted by Gasteiger charge is -2.34. The van der Waals surface area contributed by atoms with E-state index in [9.17, 15) is 9.90 Å². The summed E-state index contributed by atoms with van der Waals surface area (Å²) in [6.07, 6.45) is 0.301. The van der Waals surface area contributed by atoms with Gasteiger partial charge in [-0.3, -0.25) is 9.69 Å². The van der Waals surface area contributed by atoms with E-state index in [2.05, 4.69) is 0 Å². The molecule has 1 saturated heterocycles. The zero-order chi connectivity index (χ0) is 14.3. The van der Waals surface area contributed by atoms with Crippen molar-refractivity contribution >= 4 is 5.91 Å². The molecule has 1 amide bonds. The predicted molar refractivity (Wildman–Crippen MR) is 71.8 cm³/mol. The van der Waals surface area contributed by atoms with Gasteiger partial charge in [-0.25, -0.2) is 0 Å². The standard InChI is InChI=1S/C13H26N2O4/c1-11(2)19-8-3-12(17)9-14-4-5-15(6-7-16)13(18)10-14/h11-12,16-17H,3-10H2,1-2H3/t12-/m0/s1. The van der Waals surface area contributed by atoms with Crippen molar-refractivity contribution in [1.29, 1.82) is 0 Å². The third kappa shape index (κ3) is 6.33. The van der Waals surface area contributed by atoms with Crippen molar-refractivity contribution < 1.29 is 19.7 Å². The van der Waals surface area contributed by atoms with Gasteiger partial charge in [0.2, 0.25) is 5.91 Å². The second kappa shape index (κ2) is 8.47. The molecule has 6 heteroatoms. The molecule has 0 aromatic rings. The Balaban J connectivity index is 2.21. The van der Waals surface area contributed by atoms with Gasteiger partial charge in [-0.1, -0.05) is 0 Å². The van der Waals surface area contributed by atoms with E-state index in [0.29, 0.717) is 39.2 Å². The predicted octanol–water partition coefficient (Wildman–Crippen LogP) is -0.701. The molecule has 0 aliphatic carbocycles. The number of carbonyl (C=O) groups is 1. The van der Waals surface area contributed by atoms with Crippen LogP contribution in [0, 0.1) is 0 Å². The highest BCUT2D eigenvalue weighted by molar-refractivity contribution is 5.79. The first-order valence-corrected chi connectivity index (χ1v) is 6.93. The third-order valence-corrected chi connectivity index (χ3v) is 3.14. The SMILES string of the molecule is CC(C)OCC[C@H](O)CN1CCN(CCO)C(=O)C1. The van der Waals surface area contributed by atoms with Gasteiger partial charge < -0.3 is 19.8 Å². The maximum absolute atomic E-state index is 11.7. The second-order valence-electron chi connectivity index (χ2n) is 5.20. The summed E-state index contributed by atoms with van der Waals surface area (Å²) in [5.74, 6) is 0.0194. The normalized spacial score (nSPS) is 19.2. The highest BCUT2D eigenvalue weighted by Gasteiger charge is 2.24. The molecule has 1 aliphatic heterocycles. The van der Waals surface area contributed by atoms with Gasteiger partial charge in [0.25, 0.3) is 0 Å². The van der Waals surface area contributed by atoms with Gasteiger partial charge in [0.1, 0.15) is 0 Å². The number of nitrogens with zero attached hydrogens (tertiary/aromatic N) is 2. The summed E-state index contributed by atoms with van der Waals surface area (Å²) < 4.78 is 5.39. The van der Waals surface area contributed by atoms with E-state index in [-0.39, 0.29) is 18.6 Å². The van der Waals surface area contributed by atoms with Crippen LogP contribution >= 0.6 is 0 Å². The smallest absolute Gasteiger partial charge is 0.236 e. The first-order valence-electron chi connectivity index (χ1n) is 6.93. The summed E-state index contributed by atoms with van der Waals surface area (Å²) in [5, 5.41) is 18.7. The second-order valence-corrected chi connectivity index (χ2v) is 5.20. The Hall–Kier alpha value is -0.690. The number of aliphatic hydroxyl groups excluding tert-OH is 2. The zero-order valence-corrected chi connectivity index (χ0v) is 11.9. The highest BCUT2D eigenvalue weighted by atomic mass is 16.5. The number of piperazine rings is 1. The summed E-state index contributed by atoms with van der Waals surface area (Å²) in [6, 6.07) is 0. The molecule has 1 atom stereocenters. The summed E-state index contributed by atoms with van der Waals surface area (Å²) in [5.41, 5.74) is 0. The molecule has 0 aromatic heterocycles. The largest absolute Gasteiger partial charge is 0.395 e. The number of hydrogen-bond donors (Lipinski definition) is 2. The average Bonchev–Trinajstić information content (AvgIpc) is 2.32. The summed E-state index contributed by atoms with van der Waals surface area (Å²) in [4.78, 5) is 15.4. The Morgan fingerprint density at radius 1 is 1.37 bits per heavy atom. The Bertz CT molecular complexity index is 273. The molecular formula is C13H26N2O4. The number of rotatable bonds is 8. The molecule has 1 aliphatic rings. The average molecular weight is 274 g/mol. The van der Waals surface area contributed by atoms with Gasteiger partial charge in [0.15, 0.2) is 0 Å². The number of carbonyl (C=O) groups excluding carboxylic acids is 1. The van der Waals surface area contributed by atoms with Gasteiger partial charge in [0.05, 0.1) is 25.4 Å². The topological polar surface area (TPSA) is 73.2 Å². The molecule has 0 bridgehead atoms. The molecule has 1 rings (SSSR count). The van der Waals surface area contributed by atoms with Crippen LogP contribution in [0.25, 0.3) is 0 Å². The highest BCUT2D eigenvalue weighted by Crippen LogP contribution is 2.06. The van der Waals surface area contributed by atoms with E-state index in [4.69, 9.17) is 9.84 Å². The lowest BCUT2D eigenvalue weighted by molar-refractivity contribution is -0.137. The van der Waals surface area contributed by atoms with Crippen LogP contribution < -0.4 is 0 Å². The van der Waals surface area contributed by atoms with Crippen LogP contribution in [0.3, 0.4) is 0 Å². The molecule has 0 saturated carbocycles. The number of ether oxygens (including phenoxy) is 1. The molecule has 0 spiro atoms. The summed E-state index contributed by atoms with van der Waals surface area (Å²) in [7, 11) is 0. The van der Waals surface area contributed by atoms with Crippen molar-refractivity contribution in [2.45, 2.75) is 32.5 Å². The van der Waals surface area contributed by atoms with Crippen LogP contribution in [0.15, 0.2) is 0 Å². The molecule has 2 N–H and O–H groups in total. The Morgan fingerprint density at radius 2 is 2.11 bits per heavy atom. The molecular weight excluding hydrogens is 248 g/mol. The van der Waals surface area contributed by atoms with Crippen LogP contribution in [0.2, 0.25) is 0 Å². The monoisotopic (exact) mass is 274 g/mol. The van der Waals surface area contributed by atoms with Crippen molar-refractivity contribution in [3.05, 3.63) is 0 Å². The molecule has 112 valence electrons. The van der Waals surface area contributed by atoms with E-state index in [1.54, 1.807) is 4.90 Å². The lowest BCUT2D eigenvalue weighted by Crippen LogP contribution is -2.52. The number of aliphatic hydroxyl groups is 2. The number of hydrogen-bond acceptors (Lipinski definition) is 5. The minimum absolute atomic E-state index is 0.000899. The van der Waals surface area contributed by atoms with E-state index >= 15 is 0 Å². The Kier molecular flexibility index (Phi) is 7.30. The minimum atomic E-state index is -0.462. The molecule has 19 heavy (non-hydrogen) atoms. The quantitative estimate of drug-likeness (QED) is 0.612. The van der Waals surface area contributed by atoms with Crippen molar-refractivity contribution in [3.8, 4) is 0 Å². The van der Waals surface area contributed by atoms with Gasteiger partial charge in [0, 0.05) is 32.8 Å². The maximum Gasteiger partial charge on any atom is 0.236 e. The van der Waals surface area contributed by atoms with Crippen LogP contribution in [-0.2, 0) is 9.53 Å². The van der Waals surface area contributed by atoms with Crippen molar-refractivity contribution in [2.75, 3.05) is 45.9 Å². The third-order valence-electron chi connectivity index (χ3n) is 3.14. The molecule has 6 nitrogen and oxygen atoms in total. The van der Waals surface area contributed by atoms with Crippen LogP contribution in [-0.4, -0.2) is 84.1 Å². The van der Waals surface area contributed by atoms with E-state index < -0.39 is 6.10 Å². The molecule has 0 radical (unpaired) electrons.